The molecule has 2 aromatic rings. The normalized spacial score (nSPS) is 26.2. The molecule has 0 aromatic heterocycles. The number of hydrogen-bond acceptors (Lipinski definition) is 9. The number of aliphatic hydroxyl groups excluding tert-OH is 3. The number of ether oxygens (including phenoxy) is 2. The van der Waals surface area contributed by atoms with Gasteiger partial charge in [0.15, 0.2) is 5.71 Å². The van der Waals surface area contributed by atoms with Gasteiger partial charge in [-0.2, -0.15) is 0 Å². The summed E-state index contributed by atoms with van der Waals surface area (Å²) >= 11 is 0. The van der Waals surface area contributed by atoms with Crippen molar-refractivity contribution < 1.29 is 39.2 Å². The van der Waals surface area contributed by atoms with E-state index in [4.69, 9.17) is 14.3 Å². The van der Waals surface area contributed by atoms with Gasteiger partial charge in [0.1, 0.15) is 36.7 Å². The molecule has 0 unspecified atom stereocenters. The zero-order valence-electron chi connectivity index (χ0n) is 20.8. The summed E-state index contributed by atoms with van der Waals surface area (Å²) in [6, 6.07) is 11.9. The minimum absolute atomic E-state index is 0.0147. The number of carbonyl (C=O) groups excluding carboxylic acids is 2. The Morgan fingerprint density at radius 3 is 2.62 bits per heavy atom. The van der Waals surface area contributed by atoms with Crippen molar-refractivity contribution in [1.29, 1.82) is 0 Å². The van der Waals surface area contributed by atoms with Crippen molar-refractivity contribution in [2.75, 3.05) is 24.7 Å². The van der Waals surface area contributed by atoms with Gasteiger partial charge >= 0.3 is 0 Å². The van der Waals surface area contributed by atoms with E-state index in [9.17, 15) is 24.9 Å². The number of hydrogen-bond donors (Lipinski definition) is 4. The summed E-state index contributed by atoms with van der Waals surface area (Å²) in [4.78, 5) is 32.1. The van der Waals surface area contributed by atoms with E-state index in [0.717, 1.165) is 16.9 Å². The van der Waals surface area contributed by atoms with Crippen LogP contribution in [0.5, 0.6) is 5.75 Å². The molecular formula is C26H31N3O8. The van der Waals surface area contributed by atoms with Crippen LogP contribution >= 0.6 is 0 Å². The van der Waals surface area contributed by atoms with Gasteiger partial charge in [-0.15, -0.1) is 0 Å². The van der Waals surface area contributed by atoms with Crippen molar-refractivity contribution in [3.8, 4) is 5.75 Å². The first kappa shape index (κ1) is 26.6. The number of aliphatic hydroxyl groups is 3. The summed E-state index contributed by atoms with van der Waals surface area (Å²) < 4.78 is 11.4. The second kappa shape index (κ2) is 11.3. The van der Waals surface area contributed by atoms with E-state index >= 15 is 0 Å². The third-order valence-electron chi connectivity index (χ3n) is 6.31. The van der Waals surface area contributed by atoms with Crippen molar-refractivity contribution in [3.63, 3.8) is 0 Å². The predicted molar refractivity (Wildman–Crippen MR) is 133 cm³/mol. The Bertz CT molecular complexity index is 1190. The number of amides is 2. The lowest BCUT2D eigenvalue weighted by Gasteiger charge is -2.40. The third kappa shape index (κ3) is 5.59. The molecule has 0 saturated carbocycles. The first-order valence-corrected chi connectivity index (χ1v) is 12.0. The summed E-state index contributed by atoms with van der Waals surface area (Å²) in [6.07, 6.45) is -5.50. The maximum absolute atomic E-state index is 13.4. The fraction of sp³-hybridized carbons (Fsp3) is 0.423. The van der Waals surface area contributed by atoms with E-state index in [1.165, 1.54) is 11.8 Å². The van der Waals surface area contributed by atoms with Gasteiger partial charge < -0.3 is 39.8 Å². The summed E-state index contributed by atoms with van der Waals surface area (Å²) in [5.41, 5.74) is 3.09. The van der Waals surface area contributed by atoms with Gasteiger partial charge in [0.2, 0.25) is 12.2 Å². The molecule has 1 saturated heterocycles. The van der Waals surface area contributed by atoms with E-state index in [0.29, 0.717) is 11.3 Å². The number of nitrogens with one attached hydrogen (secondary N) is 1. The number of aryl methyl sites for hydroxylation is 2. The highest BCUT2D eigenvalue weighted by molar-refractivity contribution is 6.54. The molecule has 37 heavy (non-hydrogen) atoms. The van der Waals surface area contributed by atoms with Gasteiger partial charge in [-0.05, 0) is 37.6 Å². The largest absolute Gasteiger partial charge is 0.491 e. The molecule has 2 aliphatic rings. The number of fused-ring (bicyclic) bond motifs is 1. The van der Waals surface area contributed by atoms with Crippen LogP contribution in [0.3, 0.4) is 0 Å². The van der Waals surface area contributed by atoms with Gasteiger partial charge in [0.25, 0.3) is 5.91 Å². The summed E-state index contributed by atoms with van der Waals surface area (Å²) in [5.74, 6) is -0.186. The molecule has 0 bridgehead atoms. The Morgan fingerprint density at radius 2 is 1.92 bits per heavy atom. The highest BCUT2D eigenvalue weighted by atomic mass is 16.8. The number of nitrogens with zero attached hydrogens (tertiary/aromatic N) is 2. The lowest BCUT2D eigenvalue weighted by atomic mass is 9.97. The van der Waals surface area contributed by atoms with Crippen LogP contribution in [0, 0.1) is 13.8 Å². The Balaban J connectivity index is 1.55. The molecule has 1 fully saturated rings. The van der Waals surface area contributed by atoms with Crippen LogP contribution in [0.15, 0.2) is 47.6 Å². The second-order valence-electron chi connectivity index (χ2n) is 9.07. The topological polar surface area (TPSA) is 150 Å². The van der Waals surface area contributed by atoms with Gasteiger partial charge in [0.05, 0.1) is 18.8 Å². The zero-order valence-corrected chi connectivity index (χ0v) is 20.8. The van der Waals surface area contributed by atoms with Crippen molar-refractivity contribution in [2.24, 2.45) is 5.16 Å². The minimum atomic E-state index is -1.50. The number of para-hydroxylation sites is 1. The van der Waals surface area contributed by atoms with E-state index in [-0.39, 0.29) is 18.9 Å². The molecule has 2 aromatic carbocycles. The quantitative estimate of drug-likeness (QED) is 0.371. The van der Waals surface area contributed by atoms with Gasteiger partial charge in [-0.25, -0.2) is 0 Å². The molecule has 2 amide bonds. The number of anilines is 1. The number of carbonyl (C=O) groups is 2. The van der Waals surface area contributed by atoms with Crippen LogP contribution in [-0.4, -0.2) is 83.2 Å². The van der Waals surface area contributed by atoms with Crippen molar-refractivity contribution in [1.82, 2.24) is 5.32 Å². The minimum Gasteiger partial charge on any atom is -0.491 e. The fourth-order valence-corrected chi connectivity index (χ4v) is 4.37. The van der Waals surface area contributed by atoms with Crippen LogP contribution in [0.25, 0.3) is 0 Å². The molecule has 11 nitrogen and oxygen atoms in total. The monoisotopic (exact) mass is 513 g/mol. The first-order chi connectivity index (χ1) is 17.7. The smallest absolute Gasteiger partial charge is 0.281 e. The highest BCUT2D eigenvalue weighted by Gasteiger charge is 2.46. The molecule has 0 aliphatic carbocycles. The van der Waals surface area contributed by atoms with Crippen LogP contribution in [0.4, 0.5) is 5.69 Å². The van der Waals surface area contributed by atoms with Crippen LogP contribution < -0.4 is 15.0 Å². The molecule has 0 spiro atoms. The maximum Gasteiger partial charge on any atom is 0.281 e. The number of rotatable bonds is 8. The molecule has 11 heteroatoms. The Morgan fingerprint density at radius 1 is 1.16 bits per heavy atom. The molecule has 2 aliphatic heterocycles. The first-order valence-electron chi connectivity index (χ1n) is 12.0. The van der Waals surface area contributed by atoms with Crippen molar-refractivity contribution >= 4 is 23.2 Å². The zero-order chi connectivity index (χ0) is 26.7. The Hall–Kier alpha value is -3.51. The molecule has 4 rings (SSSR count). The Labute approximate surface area is 214 Å². The van der Waals surface area contributed by atoms with Crippen molar-refractivity contribution in [2.45, 2.75) is 51.4 Å². The Kier molecular flexibility index (Phi) is 8.08. The molecule has 4 N–H and O–H groups in total. The summed E-state index contributed by atoms with van der Waals surface area (Å²) in [6.45, 7) is 4.96. The molecule has 2 heterocycles. The second-order valence-corrected chi connectivity index (χ2v) is 9.07. The van der Waals surface area contributed by atoms with Crippen LogP contribution in [0.2, 0.25) is 0 Å². The number of oxime groups is 1. The SMILES string of the molecule is CC(=O)N[C@H]1[C@@H](O/N=C2\C(=O)N(CCOc3ccccc3C)c3ccc(C)cc32)O[C@@H](CO)[C@@H](O)[C@H]1O. The van der Waals surface area contributed by atoms with E-state index in [1.807, 2.05) is 50.2 Å². The summed E-state index contributed by atoms with van der Waals surface area (Å²) in [7, 11) is 0. The van der Waals surface area contributed by atoms with E-state index in [2.05, 4.69) is 10.5 Å². The number of benzene rings is 2. The average molecular weight is 514 g/mol. The lowest BCUT2D eigenvalue weighted by molar-refractivity contribution is -0.270. The van der Waals surface area contributed by atoms with Crippen molar-refractivity contribution in [3.05, 3.63) is 59.2 Å². The molecule has 5 atom stereocenters. The van der Waals surface area contributed by atoms with Crippen LogP contribution in [-0.2, 0) is 19.2 Å². The van der Waals surface area contributed by atoms with Gasteiger partial charge in [-0.1, -0.05) is 35.0 Å². The van der Waals surface area contributed by atoms with E-state index < -0.39 is 49.1 Å². The standard InChI is InChI=1S/C26H31N3O8/c1-14-8-9-18-17(12-14)21(25(34)29(18)10-11-35-19-7-5-4-6-15(19)2)28-37-26-22(27-16(3)31)24(33)23(32)20(13-30)36-26/h4-9,12,20,22-24,26,30,32-33H,10-11,13H2,1-3H3,(H,27,31)/b28-21-/t20-,22+,23+,24-,26+/m0/s1. The molecular weight excluding hydrogens is 482 g/mol. The maximum atomic E-state index is 13.4. The van der Waals surface area contributed by atoms with E-state index in [1.54, 1.807) is 6.07 Å². The average Bonchev–Trinajstić information content (AvgIpc) is 3.12. The fourth-order valence-electron chi connectivity index (χ4n) is 4.37. The molecule has 0 radical (unpaired) electrons. The lowest BCUT2D eigenvalue weighted by Crippen LogP contribution is -2.64. The third-order valence-corrected chi connectivity index (χ3v) is 6.31. The van der Waals surface area contributed by atoms with Gasteiger partial charge in [0, 0.05) is 12.5 Å². The van der Waals surface area contributed by atoms with Crippen LogP contribution in [0.1, 0.15) is 23.6 Å². The summed E-state index contributed by atoms with van der Waals surface area (Å²) in [5, 5.41) is 36.7. The highest BCUT2D eigenvalue weighted by Crippen LogP contribution is 2.31. The molecule has 198 valence electrons. The predicted octanol–water partition coefficient (Wildman–Crippen LogP) is 0.393. The van der Waals surface area contributed by atoms with Gasteiger partial charge in [-0.3, -0.25) is 9.59 Å².